The number of aliphatic hydroxyl groups excluding tert-OH is 1. The normalized spacial score (nSPS) is 15.6. The van der Waals surface area contributed by atoms with Crippen molar-refractivity contribution in [1.29, 1.82) is 0 Å². The first-order chi connectivity index (χ1) is 7.70. The Morgan fingerprint density at radius 2 is 1.94 bits per heavy atom. The number of hydrogen-bond acceptors (Lipinski definition) is 3. The van der Waals surface area contributed by atoms with Crippen molar-refractivity contribution in [2.45, 2.75) is 13.3 Å². The summed E-state index contributed by atoms with van der Waals surface area (Å²) in [6.07, 6.45) is 0.635. The molecule has 1 aromatic carbocycles. The Hall–Kier alpha value is -1.90. The number of hydrogen-bond donors (Lipinski definition) is 1. The zero-order valence-corrected chi connectivity index (χ0v) is 9.32. The fourth-order valence-corrected chi connectivity index (χ4v) is 1.98. The van der Waals surface area contributed by atoms with Gasteiger partial charge in [-0.25, -0.2) is 0 Å². The molecular formula is C13H13NO2. The lowest BCUT2D eigenvalue weighted by atomic mass is 10.0. The third-order valence-electron chi connectivity index (χ3n) is 2.78. The van der Waals surface area contributed by atoms with E-state index in [9.17, 15) is 9.90 Å². The van der Waals surface area contributed by atoms with E-state index in [1.54, 1.807) is 31.3 Å². The Labute approximate surface area is 94.1 Å². The number of Topliss-reactive ketones (excluding diaryl/α,β-unsaturated/α-hetero) is 1. The first-order valence-electron chi connectivity index (χ1n) is 5.24. The van der Waals surface area contributed by atoms with Crippen LogP contribution in [0.3, 0.4) is 0 Å². The second-order valence-corrected chi connectivity index (χ2v) is 3.62. The van der Waals surface area contributed by atoms with Crippen LogP contribution in [0.1, 0.15) is 29.3 Å². The molecule has 0 radical (unpaired) electrons. The smallest absolute Gasteiger partial charge is 0.199 e. The lowest BCUT2D eigenvalue weighted by Gasteiger charge is -2.02. The van der Waals surface area contributed by atoms with E-state index in [-0.39, 0.29) is 11.5 Å². The van der Waals surface area contributed by atoms with Crippen molar-refractivity contribution in [1.82, 2.24) is 0 Å². The average Bonchev–Trinajstić information content (AvgIpc) is 2.57. The van der Waals surface area contributed by atoms with Crippen LogP contribution in [-0.2, 0) is 0 Å². The maximum Gasteiger partial charge on any atom is 0.199 e. The summed E-state index contributed by atoms with van der Waals surface area (Å²) in [6.45, 7) is 1.92. The van der Waals surface area contributed by atoms with Crippen molar-refractivity contribution in [3.63, 3.8) is 0 Å². The Morgan fingerprint density at radius 1 is 1.31 bits per heavy atom. The SMILES string of the molecule is CCC(=NC)C1=C(O)c2ccccc2C1=O. The van der Waals surface area contributed by atoms with Crippen LogP contribution in [0.2, 0.25) is 0 Å². The van der Waals surface area contributed by atoms with Crippen LogP contribution in [0.15, 0.2) is 34.8 Å². The van der Waals surface area contributed by atoms with E-state index < -0.39 is 0 Å². The van der Waals surface area contributed by atoms with Crippen LogP contribution in [0.4, 0.5) is 0 Å². The molecule has 2 rings (SSSR count). The fraction of sp³-hybridized carbons (Fsp3) is 0.231. The molecule has 1 aliphatic carbocycles. The second kappa shape index (κ2) is 3.93. The third-order valence-corrected chi connectivity index (χ3v) is 2.78. The van der Waals surface area contributed by atoms with E-state index in [0.717, 1.165) is 0 Å². The molecule has 0 unspecified atom stereocenters. The molecule has 0 saturated heterocycles. The molecular weight excluding hydrogens is 202 g/mol. The molecule has 16 heavy (non-hydrogen) atoms. The Bertz CT molecular complexity index is 512. The van der Waals surface area contributed by atoms with Gasteiger partial charge in [-0.05, 0) is 6.42 Å². The summed E-state index contributed by atoms with van der Waals surface area (Å²) in [5.41, 5.74) is 2.17. The van der Waals surface area contributed by atoms with E-state index >= 15 is 0 Å². The van der Waals surface area contributed by atoms with Gasteiger partial charge >= 0.3 is 0 Å². The summed E-state index contributed by atoms with van der Waals surface area (Å²) in [6, 6.07) is 7.07. The number of rotatable bonds is 2. The van der Waals surface area contributed by atoms with E-state index in [0.29, 0.717) is 28.8 Å². The molecule has 0 saturated carbocycles. The molecule has 3 heteroatoms. The Balaban J connectivity index is 2.61. The minimum atomic E-state index is -0.129. The van der Waals surface area contributed by atoms with Crippen molar-refractivity contribution in [3.05, 3.63) is 41.0 Å². The van der Waals surface area contributed by atoms with Gasteiger partial charge in [-0.1, -0.05) is 31.2 Å². The highest BCUT2D eigenvalue weighted by Crippen LogP contribution is 2.31. The highest BCUT2D eigenvalue weighted by atomic mass is 16.3. The van der Waals surface area contributed by atoms with E-state index in [1.165, 1.54) is 0 Å². The van der Waals surface area contributed by atoms with Crippen molar-refractivity contribution in [3.8, 4) is 0 Å². The van der Waals surface area contributed by atoms with Crippen molar-refractivity contribution >= 4 is 17.3 Å². The van der Waals surface area contributed by atoms with Crippen molar-refractivity contribution in [2.75, 3.05) is 7.05 Å². The fourth-order valence-electron chi connectivity index (χ4n) is 1.98. The number of allylic oxidation sites excluding steroid dienone is 1. The van der Waals surface area contributed by atoms with Gasteiger partial charge in [-0.3, -0.25) is 9.79 Å². The molecule has 3 nitrogen and oxygen atoms in total. The number of aliphatic imine (C=N–C) groups is 1. The van der Waals surface area contributed by atoms with Crippen molar-refractivity contribution < 1.29 is 9.90 Å². The minimum absolute atomic E-state index is 0.0584. The lowest BCUT2D eigenvalue weighted by molar-refractivity contribution is 0.104. The van der Waals surface area contributed by atoms with Crippen LogP contribution in [-0.4, -0.2) is 23.6 Å². The summed E-state index contributed by atoms with van der Waals surface area (Å²) < 4.78 is 0. The molecule has 0 aliphatic heterocycles. The van der Waals surface area contributed by atoms with Gasteiger partial charge in [-0.2, -0.15) is 0 Å². The van der Waals surface area contributed by atoms with Gasteiger partial charge in [0.05, 0.1) is 5.57 Å². The van der Waals surface area contributed by atoms with Gasteiger partial charge in [0.15, 0.2) is 5.78 Å². The van der Waals surface area contributed by atoms with Crippen LogP contribution in [0, 0.1) is 0 Å². The summed E-state index contributed by atoms with van der Waals surface area (Å²) in [7, 11) is 1.63. The van der Waals surface area contributed by atoms with Gasteiger partial charge in [-0.15, -0.1) is 0 Å². The molecule has 0 amide bonds. The number of aliphatic hydroxyl groups is 1. The summed E-state index contributed by atoms with van der Waals surface area (Å²) >= 11 is 0. The highest BCUT2D eigenvalue weighted by Gasteiger charge is 2.31. The number of nitrogens with zero attached hydrogens (tertiary/aromatic N) is 1. The van der Waals surface area contributed by atoms with Gasteiger partial charge in [0.25, 0.3) is 0 Å². The maximum atomic E-state index is 12.1. The predicted molar refractivity (Wildman–Crippen MR) is 64.0 cm³/mol. The van der Waals surface area contributed by atoms with Crippen LogP contribution >= 0.6 is 0 Å². The quantitative estimate of drug-likeness (QED) is 0.771. The zero-order valence-electron chi connectivity index (χ0n) is 9.32. The first kappa shape index (κ1) is 10.6. The third kappa shape index (κ3) is 1.36. The number of fused-ring (bicyclic) bond motifs is 1. The summed E-state index contributed by atoms with van der Waals surface area (Å²) in [4.78, 5) is 16.1. The summed E-state index contributed by atoms with van der Waals surface area (Å²) in [5, 5.41) is 10.0. The number of carbonyl (C=O) groups is 1. The monoisotopic (exact) mass is 215 g/mol. The van der Waals surface area contributed by atoms with Gasteiger partial charge in [0.2, 0.25) is 0 Å². The highest BCUT2D eigenvalue weighted by molar-refractivity contribution is 6.35. The van der Waals surface area contributed by atoms with Crippen LogP contribution in [0.5, 0.6) is 0 Å². The maximum absolute atomic E-state index is 12.1. The number of carbonyl (C=O) groups excluding carboxylic acids is 1. The van der Waals surface area contributed by atoms with Gasteiger partial charge in [0.1, 0.15) is 5.76 Å². The average molecular weight is 215 g/mol. The predicted octanol–water partition coefficient (Wildman–Crippen LogP) is 2.63. The zero-order chi connectivity index (χ0) is 11.7. The largest absolute Gasteiger partial charge is 0.506 e. The molecule has 82 valence electrons. The standard InChI is InChI=1S/C13H13NO2/c1-3-10(14-2)11-12(15)8-6-4-5-7-9(8)13(11)16/h4-7,15H,3H2,1-2H3. The van der Waals surface area contributed by atoms with Gasteiger partial charge < -0.3 is 5.11 Å². The van der Waals surface area contributed by atoms with Crippen LogP contribution in [0.25, 0.3) is 5.76 Å². The van der Waals surface area contributed by atoms with E-state index in [1.807, 2.05) is 6.92 Å². The topological polar surface area (TPSA) is 49.7 Å². The molecule has 0 atom stereocenters. The minimum Gasteiger partial charge on any atom is -0.506 e. The van der Waals surface area contributed by atoms with E-state index in [4.69, 9.17) is 0 Å². The molecule has 1 aromatic rings. The first-order valence-corrected chi connectivity index (χ1v) is 5.24. The lowest BCUT2D eigenvalue weighted by Crippen LogP contribution is -2.09. The molecule has 1 aliphatic rings. The van der Waals surface area contributed by atoms with Crippen LogP contribution < -0.4 is 0 Å². The second-order valence-electron chi connectivity index (χ2n) is 3.62. The summed E-state index contributed by atoms with van der Waals surface area (Å²) in [5.74, 6) is -0.0707. The molecule has 1 N–H and O–H groups in total. The molecule has 0 heterocycles. The Kier molecular flexibility index (Phi) is 2.60. The van der Waals surface area contributed by atoms with Gasteiger partial charge in [0, 0.05) is 23.9 Å². The Morgan fingerprint density at radius 3 is 2.44 bits per heavy atom. The van der Waals surface area contributed by atoms with E-state index in [2.05, 4.69) is 4.99 Å². The number of benzene rings is 1. The molecule has 0 aromatic heterocycles. The van der Waals surface area contributed by atoms with Crippen molar-refractivity contribution in [2.24, 2.45) is 4.99 Å². The molecule has 0 spiro atoms. The molecule has 0 fully saturated rings. The molecule has 0 bridgehead atoms. The number of ketones is 1.